The fraction of sp³-hybridized carbons (Fsp3) is 0.435. The number of hydrogen-bond donors (Lipinski definition) is 0. The number of aryl methyl sites for hydroxylation is 2. The quantitative estimate of drug-likeness (QED) is 0.328. The van der Waals surface area contributed by atoms with Crippen LogP contribution in [0, 0.1) is 13.8 Å². The highest BCUT2D eigenvalue weighted by atomic mass is 35.5. The van der Waals surface area contributed by atoms with E-state index in [0.717, 1.165) is 42.3 Å². The molecule has 1 aliphatic heterocycles. The topological polar surface area (TPSA) is 76.8 Å². The van der Waals surface area contributed by atoms with Gasteiger partial charge in [0.2, 0.25) is 5.91 Å². The van der Waals surface area contributed by atoms with Gasteiger partial charge in [0.1, 0.15) is 5.82 Å². The number of aromatic nitrogens is 5. The van der Waals surface area contributed by atoms with E-state index in [0.29, 0.717) is 32.9 Å². The summed E-state index contributed by atoms with van der Waals surface area (Å²) in [5.41, 5.74) is 2.73. The molecule has 3 heterocycles. The van der Waals surface area contributed by atoms with Gasteiger partial charge < -0.3 is 4.90 Å². The van der Waals surface area contributed by atoms with Crippen LogP contribution in [0.3, 0.4) is 0 Å². The Balaban J connectivity index is 1.55. The van der Waals surface area contributed by atoms with E-state index in [2.05, 4.69) is 27.1 Å². The first-order chi connectivity index (χ1) is 15.9. The van der Waals surface area contributed by atoms with E-state index in [4.69, 9.17) is 11.6 Å². The van der Waals surface area contributed by atoms with Crippen molar-refractivity contribution < 1.29 is 4.79 Å². The molecule has 1 saturated heterocycles. The molecule has 0 saturated carbocycles. The van der Waals surface area contributed by atoms with E-state index in [-0.39, 0.29) is 5.91 Å². The number of benzene rings is 1. The van der Waals surface area contributed by atoms with Gasteiger partial charge in [-0.05, 0) is 64.3 Å². The molecular weight excluding hydrogens is 476 g/mol. The molecule has 1 aliphatic rings. The molecule has 10 heteroatoms. The molecule has 1 atom stereocenters. The first-order valence-electron chi connectivity index (χ1n) is 11.0. The first kappa shape index (κ1) is 24.0. The summed E-state index contributed by atoms with van der Waals surface area (Å²) in [4.78, 5) is 23.9. The third kappa shape index (κ3) is 6.07. The molecule has 174 valence electrons. The second-order valence-corrected chi connectivity index (χ2v) is 10.5. The van der Waals surface area contributed by atoms with Crippen molar-refractivity contribution in [3.63, 3.8) is 0 Å². The highest BCUT2D eigenvalue weighted by molar-refractivity contribution is 7.99. The Bertz CT molecular complexity index is 1120. The maximum Gasteiger partial charge on any atom is 0.233 e. The monoisotopic (exact) mass is 502 g/mol. The van der Waals surface area contributed by atoms with E-state index >= 15 is 0 Å². The number of rotatable bonds is 7. The van der Waals surface area contributed by atoms with Gasteiger partial charge in [0, 0.05) is 29.0 Å². The average molecular weight is 503 g/mol. The Kier molecular flexibility index (Phi) is 7.93. The molecule has 33 heavy (non-hydrogen) atoms. The fourth-order valence-electron chi connectivity index (χ4n) is 3.93. The van der Waals surface area contributed by atoms with Gasteiger partial charge in [0.25, 0.3) is 0 Å². The summed E-state index contributed by atoms with van der Waals surface area (Å²) in [6.07, 6.45) is 3.32. The summed E-state index contributed by atoms with van der Waals surface area (Å²) in [5.74, 6) is 1.77. The Morgan fingerprint density at radius 2 is 1.91 bits per heavy atom. The molecule has 4 rings (SSSR count). The summed E-state index contributed by atoms with van der Waals surface area (Å²) in [7, 11) is 0. The number of piperidine rings is 1. The molecule has 1 fully saturated rings. The Labute approximate surface area is 207 Å². The van der Waals surface area contributed by atoms with Gasteiger partial charge in [0.15, 0.2) is 10.3 Å². The van der Waals surface area contributed by atoms with Crippen LogP contribution in [0.4, 0.5) is 0 Å². The highest BCUT2D eigenvalue weighted by Crippen LogP contribution is 2.28. The van der Waals surface area contributed by atoms with E-state index in [1.54, 1.807) is 0 Å². The zero-order chi connectivity index (χ0) is 23.4. The molecule has 1 aromatic carbocycles. The van der Waals surface area contributed by atoms with Gasteiger partial charge in [-0.25, -0.2) is 9.97 Å². The number of carbonyl (C=O) groups is 1. The van der Waals surface area contributed by atoms with Crippen LogP contribution in [0.15, 0.2) is 40.6 Å². The van der Waals surface area contributed by atoms with Crippen molar-refractivity contribution in [3.8, 4) is 5.69 Å². The molecule has 7 nitrogen and oxygen atoms in total. The molecule has 0 N–H and O–H groups in total. The lowest BCUT2D eigenvalue weighted by atomic mass is 10.0. The van der Waals surface area contributed by atoms with Gasteiger partial charge in [0.05, 0.1) is 17.2 Å². The van der Waals surface area contributed by atoms with Gasteiger partial charge in [-0.3, -0.25) is 9.36 Å². The van der Waals surface area contributed by atoms with Crippen molar-refractivity contribution >= 4 is 41.0 Å². The summed E-state index contributed by atoms with van der Waals surface area (Å²) in [6, 6.07) is 9.83. The molecule has 0 spiro atoms. The lowest BCUT2D eigenvalue weighted by Crippen LogP contribution is -2.42. The molecule has 1 amide bonds. The number of thioether (sulfide) groups is 2. The lowest BCUT2D eigenvalue weighted by molar-refractivity contribution is -0.131. The van der Waals surface area contributed by atoms with Gasteiger partial charge in [-0.15, -0.1) is 10.2 Å². The fourth-order valence-corrected chi connectivity index (χ4v) is 5.83. The minimum absolute atomic E-state index is 0.146. The largest absolute Gasteiger partial charge is 0.339 e. The molecule has 2 aromatic heterocycles. The standard InChI is InChI=1S/C23H27ClN6OS2/c1-15-11-16(2)26-22(25-15)32-13-20-27-28-23(30(20)19-9-6-8-18(24)12-19)33-14-21(31)29-10-5-4-7-17(29)3/h6,8-9,11-12,17H,4-5,7,10,13-14H2,1-3H3. The number of halogens is 1. The van der Waals surface area contributed by atoms with Gasteiger partial charge in [-0.1, -0.05) is 41.2 Å². The van der Waals surface area contributed by atoms with E-state index in [9.17, 15) is 4.79 Å². The van der Waals surface area contributed by atoms with Crippen LogP contribution in [-0.4, -0.2) is 53.9 Å². The van der Waals surface area contributed by atoms with E-state index in [1.165, 1.54) is 29.9 Å². The molecule has 0 radical (unpaired) electrons. The maximum atomic E-state index is 12.9. The SMILES string of the molecule is Cc1cc(C)nc(SCc2nnc(SCC(=O)N3CCCCC3C)n2-c2cccc(Cl)c2)n1. The van der Waals surface area contributed by atoms with Crippen LogP contribution >= 0.6 is 35.1 Å². The predicted octanol–water partition coefficient (Wildman–Crippen LogP) is 5.11. The zero-order valence-electron chi connectivity index (χ0n) is 19.0. The molecule has 0 bridgehead atoms. The highest BCUT2D eigenvalue weighted by Gasteiger charge is 2.24. The number of hydrogen-bond acceptors (Lipinski definition) is 7. The van der Waals surface area contributed by atoms with Crippen LogP contribution in [0.25, 0.3) is 5.69 Å². The van der Waals surface area contributed by atoms with Crippen LogP contribution in [0.2, 0.25) is 5.02 Å². The Morgan fingerprint density at radius 3 is 2.64 bits per heavy atom. The maximum absolute atomic E-state index is 12.9. The van der Waals surface area contributed by atoms with Gasteiger partial charge >= 0.3 is 0 Å². The smallest absolute Gasteiger partial charge is 0.233 e. The van der Waals surface area contributed by atoms with Crippen molar-refractivity contribution in [3.05, 3.63) is 52.6 Å². The third-order valence-electron chi connectivity index (χ3n) is 5.51. The minimum atomic E-state index is 0.146. The van der Waals surface area contributed by atoms with Gasteiger partial charge in [-0.2, -0.15) is 0 Å². The Hall–Kier alpha value is -2.10. The number of carbonyl (C=O) groups excluding carboxylic acids is 1. The number of nitrogens with zero attached hydrogens (tertiary/aromatic N) is 6. The van der Waals surface area contributed by atoms with Crippen molar-refractivity contribution in [1.82, 2.24) is 29.6 Å². The Morgan fingerprint density at radius 1 is 1.12 bits per heavy atom. The number of likely N-dealkylation sites (tertiary alicyclic amines) is 1. The molecule has 3 aromatic rings. The summed E-state index contributed by atoms with van der Waals surface area (Å²) in [5, 5.41) is 10.9. The zero-order valence-corrected chi connectivity index (χ0v) is 21.4. The van der Waals surface area contributed by atoms with Crippen LogP contribution < -0.4 is 0 Å². The van der Waals surface area contributed by atoms with Crippen molar-refractivity contribution in [2.75, 3.05) is 12.3 Å². The lowest BCUT2D eigenvalue weighted by Gasteiger charge is -2.33. The summed E-state index contributed by atoms with van der Waals surface area (Å²) in [6.45, 7) is 6.88. The summed E-state index contributed by atoms with van der Waals surface area (Å²) >= 11 is 9.20. The second-order valence-electron chi connectivity index (χ2n) is 8.16. The van der Waals surface area contributed by atoms with Crippen LogP contribution in [-0.2, 0) is 10.5 Å². The molecular formula is C23H27ClN6OS2. The number of amides is 1. The van der Waals surface area contributed by atoms with E-state index < -0.39 is 0 Å². The van der Waals surface area contributed by atoms with Crippen LogP contribution in [0.5, 0.6) is 0 Å². The predicted molar refractivity (Wildman–Crippen MR) is 133 cm³/mol. The van der Waals surface area contributed by atoms with Crippen molar-refractivity contribution in [1.29, 1.82) is 0 Å². The third-order valence-corrected chi connectivity index (χ3v) is 7.50. The van der Waals surface area contributed by atoms with Crippen LogP contribution in [0.1, 0.15) is 43.4 Å². The minimum Gasteiger partial charge on any atom is -0.339 e. The molecule has 1 unspecified atom stereocenters. The second kappa shape index (κ2) is 10.9. The van der Waals surface area contributed by atoms with E-state index in [1.807, 2.05) is 53.6 Å². The summed E-state index contributed by atoms with van der Waals surface area (Å²) < 4.78 is 1.97. The van der Waals surface area contributed by atoms with Crippen molar-refractivity contribution in [2.45, 2.75) is 62.1 Å². The normalized spacial score (nSPS) is 16.2. The average Bonchev–Trinajstić information content (AvgIpc) is 3.18. The van der Waals surface area contributed by atoms with Crippen molar-refractivity contribution in [2.24, 2.45) is 0 Å². The first-order valence-corrected chi connectivity index (χ1v) is 13.3. The molecule has 0 aliphatic carbocycles.